The molecule has 0 fully saturated rings. The molecule has 0 unspecified atom stereocenters. The molecule has 0 atom stereocenters. The van der Waals surface area contributed by atoms with Crippen molar-refractivity contribution >= 4 is 17.3 Å². The van der Waals surface area contributed by atoms with Gasteiger partial charge in [-0.25, -0.2) is 9.97 Å². The smallest absolute Gasteiger partial charge is 0.142 e. The van der Waals surface area contributed by atoms with E-state index in [2.05, 4.69) is 14.9 Å². The van der Waals surface area contributed by atoms with Gasteiger partial charge in [0, 0.05) is 12.6 Å². The Balaban J connectivity index is 2.06. The van der Waals surface area contributed by atoms with Crippen LogP contribution in [0.2, 0.25) is 0 Å². The molecule has 1 aromatic carbocycles. The van der Waals surface area contributed by atoms with Crippen LogP contribution in [0.3, 0.4) is 0 Å². The van der Waals surface area contributed by atoms with Crippen molar-refractivity contribution in [1.29, 1.82) is 0 Å². The van der Waals surface area contributed by atoms with Gasteiger partial charge >= 0.3 is 0 Å². The van der Waals surface area contributed by atoms with E-state index in [0.717, 1.165) is 30.2 Å². The van der Waals surface area contributed by atoms with Crippen LogP contribution in [0.5, 0.6) is 5.75 Å². The van der Waals surface area contributed by atoms with Gasteiger partial charge in [-0.05, 0) is 18.6 Å². The van der Waals surface area contributed by atoms with Crippen LogP contribution in [0.25, 0.3) is 0 Å². The summed E-state index contributed by atoms with van der Waals surface area (Å²) in [7, 11) is 0. The normalized spacial score (nSPS) is 14.6. The average molecular weight is 242 g/mol. The molecule has 3 rings (SSSR count). The standard InChI is InChI=1S/C13H14N4O/c14-12-8-13(16-9-15-12)17-6-3-7-18-11-5-2-1-4-10(11)17/h1-2,4-5,8-9H,3,6-7H2,(H2,14,15,16). The zero-order valence-corrected chi connectivity index (χ0v) is 9.91. The van der Waals surface area contributed by atoms with Crippen LogP contribution in [0.1, 0.15) is 6.42 Å². The molecule has 0 saturated carbocycles. The predicted octanol–water partition coefficient (Wildman–Crippen LogP) is 1.98. The Kier molecular flexibility index (Phi) is 2.72. The predicted molar refractivity (Wildman–Crippen MR) is 70.0 cm³/mol. The van der Waals surface area contributed by atoms with Gasteiger partial charge in [0.25, 0.3) is 0 Å². The van der Waals surface area contributed by atoms with Crippen LogP contribution in [0, 0.1) is 0 Å². The summed E-state index contributed by atoms with van der Waals surface area (Å²) in [4.78, 5) is 10.3. The SMILES string of the molecule is Nc1cc(N2CCCOc3ccccc32)ncn1. The molecule has 2 N–H and O–H groups in total. The van der Waals surface area contributed by atoms with Crippen LogP contribution in [-0.4, -0.2) is 23.1 Å². The Bertz CT molecular complexity index is 558. The number of anilines is 3. The molecule has 5 nitrogen and oxygen atoms in total. The first-order chi connectivity index (χ1) is 8.84. The van der Waals surface area contributed by atoms with E-state index in [9.17, 15) is 0 Å². The number of hydrogen-bond acceptors (Lipinski definition) is 5. The lowest BCUT2D eigenvalue weighted by Crippen LogP contribution is -2.19. The monoisotopic (exact) mass is 242 g/mol. The molecule has 1 aliphatic rings. The molecule has 18 heavy (non-hydrogen) atoms. The topological polar surface area (TPSA) is 64.3 Å². The highest BCUT2D eigenvalue weighted by Gasteiger charge is 2.18. The van der Waals surface area contributed by atoms with E-state index < -0.39 is 0 Å². The quantitative estimate of drug-likeness (QED) is 0.828. The van der Waals surface area contributed by atoms with Gasteiger partial charge in [0.15, 0.2) is 0 Å². The maximum Gasteiger partial charge on any atom is 0.142 e. The summed E-state index contributed by atoms with van der Waals surface area (Å²) in [5.41, 5.74) is 6.74. The van der Waals surface area contributed by atoms with E-state index in [-0.39, 0.29) is 0 Å². The fourth-order valence-electron chi connectivity index (χ4n) is 2.07. The molecular weight excluding hydrogens is 228 g/mol. The second-order valence-corrected chi connectivity index (χ2v) is 4.12. The second-order valence-electron chi connectivity index (χ2n) is 4.12. The summed E-state index contributed by atoms with van der Waals surface area (Å²) in [5.74, 6) is 2.16. The van der Waals surface area contributed by atoms with Gasteiger partial charge in [-0.3, -0.25) is 0 Å². The number of rotatable bonds is 1. The van der Waals surface area contributed by atoms with E-state index in [1.165, 1.54) is 6.33 Å². The fourth-order valence-corrected chi connectivity index (χ4v) is 2.07. The van der Waals surface area contributed by atoms with E-state index in [1.807, 2.05) is 24.3 Å². The molecule has 92 valence electrons. The van der Waals surface area contributed by atoms with Crippen LogP contribution < -0.4 is 15.4 Å². The number of benzene rings is 1. The number of fused-ring (bicyclic) bond motifs is 1. The van der Waals surface area contributed by atoms with E-state index in [1.54, 1.807) is 6.07 Å². The second kappa shape index (κ2) is 4.52. The molecule has 0 amide bonds. The number of para-hydroxylation sites is 2. The molecule has 1 aromatic heterocycles. The number of nitrogen functional groups attached to an aromatic ring is 1. The minimum Gasteiger partial charge on any atom is -0.491 e. The first-order valence-corrected chi connectivity index (χ1v) is 5.91. The highest BCUT2D eigenvalue weighted by molar-refractivity contribution is 5.68. The summed E-state index contributed by atoms with van der Waals surface area (Å²) in [6, 6.07) is 9.74. The largest absolute Gasteiger partial charge is 0.491 e. The number of ether oxygens (including phenoxy) is 1. The van der Waals surface area contributed by atoms with E-state index in [4.69, 9.17) is 10.5 Å². The number of hydrogen-bond donors (Lipinski definition) is 1. The van der Waals surface area contributed by atoms with Gasteiger partial charge in [0.2, 0.25) is 0 Å². The first kappa shape index (κ1) is 10.8. The van der Waals surface area contributed by atoms with Crippen molar-refractivity contribution < 1.29 is 4.74 Å². The van der Waals surface area contributed by atoms with Gasteiger partial charge < -0.3 is 15.4 Å². The highest BCUT2D eigenvalue weighted by Crippen LogP contribution is 2.34. The molecule has 0 saturated heterocycles. The summed E-state index contributed by atoms with van der Waals surface area (Å²) < 4.78 is 5.71. The lowest BCUT2D eigenvalue weighted by Gasteiger charge is -2.22. The van der Waals surface area contributed by atoms with Crippen LogP contribution >= 0.6 is 0 Å². The third-order valence-corrected chi connectivity index (χ3v) is 2.89. The molecule has 0 aliphatic carbocycles. The number of nitrogens with zero attached hydrogens (tertiary/aromatic N) is 3. The maximum atomic E-state index is 5.72. The molecule has 0 radical (unpaired) electrons. The molecule has 2 heterocycles. The molecule has 0 spiro atoms. The third kappa shape index (κ3) is 1.95. The minimum absolute atomic E-state index is 0.475. The van der Waals surface area contributed by atoms with Gasteiger partial charge in [0.05, 0.1) is 12.3 Å². The van der Waals surface area contributed by atoms with Gasteiger partial charge in [-0.2, -0.15) is 0 Å². The zero-order valence-electron chi connectivity index (χ0n) is 9.91. The summed E-state index contributed by atoms with van der Waals surface area (Å²) in [6.07, 6.45) is 2.43. The lowest BCUT2D eigenvalue weighted by molar-refractivity contribution is 0.322. The Morgan fingerprint density at radius 3 is 3.00 bits per heavy atom. The highest BCUT2D eigenvalue weighted by atomic mass is 16.5. The Labute approximate surface area is 105 Å². The average Bonchev–Trinajstić information content (AvgIpc) is 2.61. The first-order valence-electron chi connectivity index (χ1n) is 5.91. The number of aromatic nitrogens is 2. The van der Waals surface area contributed by atoms with Gasteiger partial charge in [0.1, 0.15) is 23.7 Å². The van der Waals surface area contributed by atoms with E-state index >= 15 is 0 Å². The summed E-state index contributed by atoms with van der Waals surface area (Å²) in [5, 5.41) is 0. The van der Waals surface area contributed by atoms with Crippen molar-refractivity contribution in [3.8, 4) is 5.75 Å². The van der Waals surface area contributed by atoms with Crippen LogP contribution in [0.4, 0.5) is 17.3 Å². The minimum atomic E-state index is 0.475. The lowest BCUT2D eigenvalue weighted by atomic mass is 10.2. The maximum absolute atomic E-state index is 5.72. The van der Waals surface area contributed by atoms with Crippen LogP contribution in [0.15, 0.2) is 36.7 Å². The molecule has 5 heteroatoms. The Morgan fingerprint density at radius 2 is 2.11 bits per heavy atom. The van der Waals surface area contributed by atoms with Crippen molar-refractivity contribution in [2.45, 2.75) is 6.42 Å². The van der Waals surface area contributed by atoms with Crippen molar-refractivity contribution in [3.05, 3.63) is 36.7 Å². The van der Waals surface area contributed by atoms with Crippen LogP contribution in [-0.2, 0) is 0 Å². The molecule has 0 bridgehead atoms. The Hall–Kier alpha value is -2.30. The van der Waals surface area contributed by atoms with Crippen molar-refractivity contribution in [1.82, 2.24) is 9.97 Å². The van der Waals surface area contributed by atoms with Crippen molar-refractivity contribution in [3.63, 3.8) is 0 Å². The van der Waals surface area contributed by atoms with Gasteiger partial charge in [-0.1, -0.05) is 12.1 Å². The molecule has 2 aromatic rings. The summed E-state index contributed by atoms with van der Waals surface area (Å²) >= 11 is 0. The fraction of sp³-hybridized carbons (Fsp3) is 0.231. The van der Waals surface area contributed by atoms with Crippen molar-refractivity contribution in [2.75, 3.05) is 23.8 Å². The number of nitrogens with two attached hydrogens (primary N) is 1. The molecule has 1 aliphatic heterocycles. The third-order valence-electron chi connectivity index (χ3n) is 2.89. The van der Waals surface area contributed by atoms with Gasteiger partial charge in [-0.15, -0.1) is 0 Å². The zero-order chi connectivity index (χ0) is 12.4. The Morgan fingerprint density at radius 1 is 1.22 bits per heavy atom. The summed E-state index contributed by atoms with van der Waals surface area (Å²) in [6.45, 7) is 1.57. The van der Waals surface area contributed by atoms with Crippen molar-refractivity contribution in [2.24, 2.45) is 0 Å². The molecular formula is C13H14N4O. The van der Waals surface area contributed by atoms with E-state index in [0.29, 0.717) is 12.4 Å².